The van der Waals surface area contributed by atoms with Crippen molar-refractivity contribution in [2.24, 2.45) is 0 Å². The number of rotatable bonds is 4. The van der Waals surface area contributed by atoms with Gasteiger partial charge in [0.1, 0.15) is 5.82 Å². The van der Waals surface area contributed by atoms with Gasteiger partial charge in [0.15, 0.2) is 0 Å². The van der Waals surface area contributed by atoms with Crippen LogP contribution in [0, 0.1) is 5.82 Å². The molecule has 0 radical (unpaired) electrons. The molecule has 0 bridgehead atoms. The van der Waals surface area contributed by atoms with E-state index in [1.54, 1.807) is 24.3 Å². The molecule has 2 aromatic rings. The molecule has 22 heavy (non-hydrogen) atoms. The Balaban J connectivity index is 1.65. The van der Waals surface area contributed by atoms with Crippen LogP contribution in [0.25, 0.3) is 0 Å². The minimum Gasteiger partial charge on any atom is -0.349 e. The lowest BCUT2D eigenvalue weighted by Crippen LogP contribution is -2.25. The smallest absolute Gasteiger partial charge is 0.255 e. The molecule has 0 saturated heterocycles. The molecule has 3 rings (SSSR count). The number of amides is 2. The average molecular weight is 298 g/mol. The van der Waals surface area contributed by atoms with Gasteiger partial charge >= 0.3 is 0 Å². The van der Waals surface area contributed by atoms with E-state index in [1.807, 2.05) is 0 Å². The number of carbonyl (C=O) groups excluding carboxylic acids is 2. The fourth-order valence-corrected chi connectivity index (χ4v) is 2.01. The van der Waals surface area contributed by atoms with Gasteiger partial charge in [0, 0.05) is 22.9 Å². The van der Waals surface area contributed by atoms with Crippen LogP contribution in [0.3, 0.4) is 0 Å². The van der Waals surface area contributed by atoms with Crippen molar-refractivity contribution >= 4 is 17.5 Å². The molecule has 0 atom stereocenters. The van der Waals surface area contributed by atoms with Crippen LogP contribution in [0.1, 0.15) is 33.6 Å². The maximum Gasteiger partial charge on any atom is 0.255 e. The molecule has 0 aliphatic heterocycles. The van der Waals surface area contributed by atoms with Crippen LogP contribution in [0.2, 0.25) is 0 Å². The molecule has 0 heterocycles. The summed E-state index contributed by atoms with van der Waals surface area (Å²) in [6.45, 7) is 0. The first-order valence-electron chi connectivity index (χ1n) is 7.10. The van der Waals surface area contributed by atoms with Crippen LogP contribution < -0.4 is 10.6 Å². The van der Waals surface area contributed by atoms with Crippen molar-refractivity contribution in [1.82, 2.24) is 5.32 Å². The summed E-state index contributed by atoms with van der Waals surface area (Å²) in [6.07, 6.45) is 2.06. The summed E-state index contributed by atoms with van der Waals surface area (Å²) in [5.74, 6) is -0.780. The molecule has 0 unspecified atom stereocenters. The Labute approximate surface area is 127 Å². The van der Waals surface area contributed by atoms with E-state index >= 15 is 0 Å². The summed E-state index contributed by atoms with van der Waals surface area (Å²) < 4.78 is 12.8. The quantitative estimate of drug-likeness (QED) is 0.911. The predicted octanol–water partition coefficient (Wildman–Crippen LogP) is 2.97. The van der Waals surface area contributed by atoms with Crippen molar-refractivity contribution in [3.63, 3.8) is 0 Å². The highest BCUT2D eigenvalue weighted by Crippen LogP contribution is 2.19. The topological polar surface area (TPSA) is 58.2 Å². The van der Waals surface area contributed by atoms with Gasteiger partial charge in [-0.15, -0.1) is 0 Å². The molecule has 1 aliphatic rings. The van der Waals surface area contributed by atoms with Gasteiger partial charge in [-0.1, -0.05) is 0 Å². The van der Waals surface area contributed by atoms with Crippen molar-refractivity contribution in [3.8, 4) is 0 Å². The number of hydrogen-bond acceptors (Lipinski definition) is 2. The standard InChI is InChI=1S/C17H15FN2O2/c18-13-5-7-14(8-6-13)19-16(21)11-1-3-12(4-2-11)17(22)20-15-9-10-15/h1-8,15H,9-10H2,(H,19,21)(H,20,22). The predicted molar refractivity (Wildman–Crippen MR) is 81.3 cm³/mol. The van der Waals surface area contributed by atoms with E-state index in [2.05, 4.69) is 10.6 Å². The van der Waals surface area contributed by atoms with E-state index in [0.717, 1.165) is 12.8 Å². The van der Waals surface area contributed by atoms with Gasteiger partial charge in [-0.05, 0) is 61.4 Å². The highest BCUT2D eigenvalue weighted by atomic mass is 19.1. The highest BCUT2D eigenvalue weighted by Gasteiger charge is 2.23. The van der Waals surface area contributed by atoms with Crippen molar-refractivity contribution < 1.29 is 14.0 Å². The Morgan fingerprint density at radius 3 is 1.95 bits per heavy atom. The lowest BCUT2D eigenvalue weighted by molar-refractivity contribution is 0.0949. The molecule has 2 amide bonds. The van der Waals surface area contributed by atoms with Crippen molar-refractivity contribution in [2.75, 3.05) is 5.32 Å². The van der Waals surface area contributed by atoms with Gasteiger partial charge in [0.25, 0.3) is 11.8 Å². The zero-order chi connectivity index (χ0) is 15.5. The van der Waals surface area contributed by atoms with Crippen LogP contribution >= 0.6 is 0 Å². The number of anilines is 1. The lowest BCUT2D eigenvalue weighted by atomic mass is 10.1. The van der Waals surface area contributed by atoms with Crippen molar-refractivity contribution in [3.05, 3.63) is 65.5 Å². The van der Waals surface area contributed by atoms with Crippen LogP contribution in [0.4, 0.5) is 10.1 Å². The molecule has 1 aliphatic carbocycles. The average Bonchev–Trinajstić information content (AvgIpc) is 3.33. The van der Waals surface area contributed by atoms with Gasteiger partial charge in [-0.2, -0.15) is 0 Å². The summed E-state index contributed by atoms with van der Waals surface area (Å²) >= 11 is 0. The fraction of sp³-hybridized carbons (Fsp3) is 0.176. The molecule has 2 N–H and O–H groups in total. The minimum atomic E-state index is -0.357. The Morgan fingerprint density at radius 2 is 1.41 bits per heavy atom. The minimum absolute atomic E-state index is 0.118. The van der Waals surface area contributed by atoms with E-state index in [9.17, 15) is 14.0 Å². The number of hydrogen-bond donors (Lipinski definition) is 2. The number of benzene rings is 2. The molecule has 1 saturated carbocycles. The molecule has 2 aromatic carbocycles. The first-order chi connectivity index (χ1) is 10.6. The van der Waals surface area contributed by atoms with Gasteiger partial charge in [-0.25, -0.2) is 4.39 Å². The number of carbonyl (C=O) groups is 2. The molecule has 5 heteroatoms. The van der Waals surface area contributed by atoms with E-state index in [0.29, 0.717) is 22.9 Å². The summed E-state index contributed by atoms with van der Waals surface area (Å²) in [4.78, 5) is 23.9. The molecular formula is C17H15FN2O2. The molecular weight excluding hydrogens is 283 g/mol. The van der Waals surface area contributed by atoms with Gasteiger partial charge in [0.2, 0.25) is 0 Å². The SMILES string of the molecule is O=C(Nc1ccc(F)cc1)c1ccc(C(=O)NC2CC2)cc1. The largest absolute Gasteiger partial charge is 0.349 e. The normalized spacial score (nSPS) is 13.5. The van der Waals surface area contributed by atoms with E-state index in [-0.39, 0.29) is 17.6 Å². The van der Waals surface area contributed by atoms with Crippen LogP contribution in [-0.2, 0) is 0 Å². The fourth-order valence-electron chi connectivity index (χ4n) is 2.01. The third-order valence-corrected chi connectivity index (χ3v) is 3.42. The first-order valence-corrected chi connectivity index (χ1v) is 7.10. The molecule has 1 fully saturated rings. The highest BCUT2D eigenvalue weighted by molar-refractivity contribution is 6.05. The van der Waals surface area contributed by atoms with Gasteiger partial charge in [0.05, 0.1) is 0 Å². The second-order valence-electron chi connectivity index (χ2n) is 5.29. The Bertz CT molecular complexity index is 692. The monoisotopic (exact) mass is 298 g/mol. The maximum absolute atomic E-state index is 12.8. The zero-order valence-electron chi connectivity index (χ0n) is 11.8. The van der Waals surface area contributed by atoms with Crippen LogP contribution in [-0.4, -0.2) is 17.9 Å². The van der Waals surface area contributed by atoms with Gasteiger partial charge < -0.3 is 10.6 Å². The molecule has 0 spiro atoms. The van der Waals surface area contributed by atoms with E-state index < -0.39 is 0 Å². The Morgan fingerprint density at radius 1 is 0.864 bits per heavy atom. The Kier molecular flexibility index (Phi) is 3.87. The summed E-state index contributed by atoms with van der Waals surface area (Å²) in [5.41, 5.74) is 1.49. The van der Waals surface area contributed by atoms with Gasteiger partial charge in [-0.3, -0.25) is 9.59 Å². The summed E-state index contributed by atoms with van der Waals surface area (Å²) in [7, 11) is 0. The van der Waals surface area contributed by atoms with Crippen molar-refractivity contribution in [2.45, 2.75) is 18.9 Å². The Hall–Kier alpha value is -2.69. The third-order valence-electron chi connectivity index (χ3n) is 3.42. The number of nitrogens with one attached hydrogen (secondary N) is 2. The van der Waals surface area contributed by atoms with Crippen molar-refractivity contribution in [1.29, 1.82) is 0 Å². The number of halogens is 1. The zero-order valence-corrected chi connectivity index (χ0v) is 11.8. The summed E-state index contributed by atoms with van der Waals surface area (Å²) in [6, 6.07) is 12.3. The van der Waals surface area contributed by atoms with E-state index in [4.69, 9.17) is 0 Å². The van der Waals surface area contributed by atoms with Crippen LogP contribution in [0.5, 0.6) is 0 Å². The summed E-state index contributed by atoms with van der Waals surface area (Å²) in [5, 5.41) is 5.56. The molecule has 112 valence electrons. The second-order valence-corrected chi connectivity index (χ2v) is 5.29. The first kappa shape index (κ1) is 14.3. The van der Waals surface area contributed by atoms with Crippen LogP contribution in [0.15, 0.2) is 48.5 Å². The second kappa shape index (κ2) is 5.97. The maximum atomic E-state index is 12.8. The molecule has 4 nitrogen and oxygen atoms in total. The molecule has 0 aromatic heterocycles. The third kappa shape index (κ3) is 3.49. The lowest BCUT2D eigenvalue weighted by Gasteiger charge is -2.07. The van der Waals surface area contributed by atoms with E-state index in [1.165, 1.54) is 24.3 Å².